The van der Waals surface area contributed by atoms with Gasteiger partial charge in [-0.1, -0.05) is 12.1 Å². The molecule has 2 heterocycles. The van der Waals surface area contributed by atoms with Gasteiger partial charge in [-0.05, 0) is 51.3 Å². The van der Waals surface area contributed by atoms with Crippen LogP contribution in [0.25, 0.3) is 5.76 Å². The Balaban J connectivity index is 1.86. The van der Waals surface area contributed by atoms with Gasteiger partial charge in [0.15, 0.2) is 23.0 Å². The molecular weight excluding hydrogens is 452 g/mol. The van der Waals surface area contributed by atoms with Crippen molar-refractivity contribution in [1.29, 1.82) is 0 Å². The van der Waals surface area contributed by atoms with Gasteiger partial charge in [0.05, 0.1) is 25.8 Å². The molecule has 2 aromatic rings. The Hall–Kier alpha value is -3.72. The maximum atomic E-state index is 13.3. The maximum Gasteiger partial charge on any atom is 0.295 e. The lowest BCUT2D eigenvalue weighted by Crippen LogP contribution is -2.32. The van der Waals surface area contributed by atoms with Gasteiger partial charge in [-0.15, -0.1) is 0 Å². The van der Waals surface area contributed by atoms with Crippen LogP contribution in [0.5, 0.6) is 23.0 Å². The first-order chi connectivity index (χ1) is 16.9. The third-order valence-corrected chi connectivity index (χ3v) is 6.09. The van der Waals surface area contributed by atoms with E-state index in [1.54, 1.807) is 36.4 Å². The van der Waals surface area contributed by atoms with Crippen LogP contribution in [0.3, 0.4) is 0 Å². The Morgan fingerprint density at radius 1 is 1.09 bits per heavy atom. The highest BCUT2D eigenvalue weighted by molar-refractivity contribution is 6.46. The zero-order valence-corrected chi connectivity index (χ0v) is 20.4. The number of benzene rings is 2. The summed E-state index contributed by atoms with van der Waals surface area (Å²) in [6, 6.07) is 9.36. The van der Waals surface area contributed by atoms with E-state index in [1.807, 2.05) is 19.0 Å². The van der Waals surface area contributed by atoms with E-state index in [0.717, 1.165) is 6.54 Å². The van der Waals surface area contributed by atoms with Crippen molar-refractivity contribution >= 4 is 17.4 Å². The normalized spacial score (nSPS) is 18.8. The van der Waals surface area contributed by atoms with E-state index >= 15 is 0 Å². The van der Waals surface area contributed by atoms with Crippen LogP contribution in [0.15, 0.2) is 42.0 Å². The minimum absolute atomic E-state index is 0.0110. The number of amides is 1. The summed E-state index contributed by atoms with van der Waals surface area (Å²) in [5, 5.41) is 11.4. The Bertz CT molecular complexity index is 1160. The van der Waals surface area contributed by atoms with Crippen LogP contribution in [0.2, 0.25) is 0 Å². The molecule has 0 bridgehead atoms. The van der Waals surface area contributed by atoms with Gasteiger partial charge < -0.3 is 33.9 Å². The van der Waals surface area contributed by atoms with Crippen LogP contribution in [0.1, 0.15) is 23.6 Å². The number of hydrogen-bond donors (Lipinski definition) is 1. The summed E-state index contributed by atoms with van der Waals surface area (Å²) in [5.74, 6) is 0.176. The Morgan fingerprint density at radius 3 is 2.51 bits per heavy atom. The zero-order valence-electron chi connectivity index (χ0n) is 20.4. The van der Waals surface area contributed by atoms with Gasteiger partial charge in [0.2, 0.25) is 0 Å². The van der Waals surface area contributed by atoms with E-state index in [0.29, 0.717) is 60.3 Å². The molecule has 2 aliphatic heterocycles. The fourth-order valence-electron chi connectivity index (χ4n) is 4.46. The second kappa shape index (κ2) is 10.3. The zero-order chi connectivity index (χ0) is 25.1. The smallest absolute Gasteiger partial charge is 0.295 e. The molecule has 0 unspecified atom stereocenters. The SMILES string of the molecule is COc1cccc([C@H]2/C(=C(\O)c3ccc4c(c3)OCCO4)C(=O)C(=O)N2CCCN(C)C)c1OC. The van der Waals surface area contributed by atoms with E-state index in [-0.39, 0.29) is 11.3 Å². The lowest BCUT2D eigenvalue weighted by atomic mass is 9.94. The van der Waals surface area contributed by atoms with Crippen LogP contribution < -0.4 is 18.9 Å². The van der Waals surface area contributed by atoms with Crippen molar-refractivity contribution < 1.29 is 33.6 Å². The predicted molar refractivity (Wildman–Crippen MR) is 129 cm³/mol. The molecule has 0 aliphatic carbocycles. The lowest BCUT2D eigenvalue weighted by molar-refractivity contribution is -0.140. The van der Waals surface area contributed by atoms with E-state index in [4.69, 9.17) is 18.9 Å². The lowest BCUT2D eigenvalue weighted by Gasteiger charge is -2.27. The van der Waals surface area contributed by atoms with Crippen molar-refractivity contribution in [3.8, 4) is 23.0 Å². The highest BCUT2D eigenvalue weighted by Gasteiger charge is 2.47. The molecule has 1 amide bonds. The van der Waals surface area contributed by atoms with Crippen molar-refractivity contribution in [2.24, 2.45) is 0 Å². The number of ether oxygens (including phenoxy) is 4. The van der Waals surface area contributed by atoms with Gasteiger partial charge in [-0.25, -0.2) is 0 Å². The minimum Gasteiger partial charge on any atom is -0.507 e. The predicted octanol–water partition coefficient (Wildman–Crippen LogP) is 2.85. The summed E-state index contributed by atoms with van der Waals surface area (Å²) in [4.78, 5) is 30.0. The number of methoxy groups -OCH3 is 2. The monoisotopic (exact) mass is 482 g/mol. The maximum absolute atomic E-state index is 13.3. The van der Waals surface area contributed by atoms with Crippen molar-refractivity contribution in [1.82, 2.24) is 9.80 Å². The average Bonchev–Trinajstić information content (AvgIpc) is 3.12. The third kappa shape index (κ3) is 4.64. The summed E-state index contributed by atoms with van der Waals surface area (Å²) < 4.78 is 22.3. The van der Waals surface area contributed by atoms with E-state index < -0.39 is 17.7 Å². The van der Waals surface area contributed by atoms with E-state index in [2.05, 4.69) is 0 Å². The summed E-state index contributed by atoms with van der Waals surface area (Å²) in [6.45, 7) is 1.87. The molecule has 0 saturated carbocycles. The minimum atomic E-state index is -0.851. The van der Waals surface area contributed by atoms with Crippen molar-refractivity contribution in [2.75, 3.05) is 54.6 Å². The molecular formula is C26H30N2O7. The van der Waals surface area contributed by atoms with E-state index in [1.165, 1.54) is 19.1 Å². The third-order valence-electron chi connectivity index (χ3n) is 6.09. The van der Waals surface area contributed by atoms with Gasteiger partial charge in [-0.3, -0.25) is 9.59 Å². The molecule has 1 N–H and O–H groups in total. The first-order valence-electron chi connectivity index (χ1n) is 11.4. The highest BCUT2D eigenvalue weighted by Crippen LogP contribution is 2.46. The second-order valence-electron chi connectivity index (χ2n) is 8.59. The number of likely N-dealkylation sites (tertiary alicyclic amines) is 1. The van der Waals surface area contributed by atoms with E-state index in [9.17, 15) is 14.7 Å². The largest absolute Gasteiger partial charge is 0.507 e. The number of Topliss-reactive ketones (excluding diaryl/α,β-unsaturated/α-hetero) is 1. The number of rotatable bonds is 8. The molecule has 0 spiro atoms. The van der Waals surface area contributed by atoms with Gasteiger partial charge in [0, 0.05) is 17.7 Å². The topological polar surface area (TPSA) is 97.8 Å². The van der Waals surface area contributed by atoms with Crippen LogP contribution in [-0.4, -0.2) is 81.2 Å². The van der Waals surface area contributed by atoms with Crippen LogP contribution in [-0.2, 0) is 9.59 Å². The summed E-state index contributed by atoms with van der Waals surface area (Å²) >= 11 is 0. The molecule has 1 saturated heterocycles. The first kappa shape index (κ1) is 24.4. The molecule has 9 nitrogen and oxygen atoms in total. The number of carbonyl (C=O) groups excluding carboxylic acids is 2. The number of ketones is 1. The quantitative estimate of drug-likeness (QED) is 0.349. The van der Waals surface area contributed by atoms with Gasteiger partial charge in [-0.2, -0.15) is 0 Å². The summed E-state index contributed by atoms with van der Waals surface area (Å²) in [5.41, 5.74) is 0.894. The fourth-order valence-corrected chi connectivity index (χ4v) is 4.46. The van der Waals surface area contributed by atoms with Crippen molar-refractivity contribution in [3.05, 3.63) is 53.1 Å². The van der Waals surface area contributed by atoms with Crippen molar-refractivity contribution in [2.45, 2.75) is 12.5 Å². The number of fused-ring (bicyclic) bond motifs is 1. The van der Waals surface area contributed by atoms with Gasteiger partial charge in [0.25, 0.3) is 11.7 Å². The Labute approximate surface area is 204 Å². The number of nitrogens with zero attached hydrogens (tertiary/aromatic N) is 2. The second-order valence-corrected chi connectivity index (χ2v) is 8.59. The molecule has 2 aliphatic rings. The first-order valence-corrected chi connectivity index (χ1v) is 11.4. The number of aliphatic hydroxyl groups excluding tert-OH is 1. The van der Waals surface area contributed by atoms with Crippen LogP contribution in [0.4, 0.5) is 0 Å². The number of aliphatic hydroxyl groups is 1. The molecule has 0 radical (unpaired) electrons. The number of hydrogen-bond acceptors (Lipinski definition) is 8. The number of carbonyl (C=O) groups is 2. The standard InChI is InChI=1S/C26H30N2O7/c1-27(2)11-6-12-28-22(17-7-5-8-19(32-3)25(17)33-4)21(24(30)26(28)31)23(29)16-9-10-18-20(15-16)35-14-13-34-18/h5,7-10,15,22,29H,6,11-14H2,1-4H3/b23-21+/t22-/m0/s1. The molecule has 2 aromatic carbocycles. The summed E-state index contributed by atoms with van der Waals surface area (Å²) in [6.07, 6.45) is 0.646. The molecule has 4 rings (SSSR count). The molecule has 0 aromatic heterocycles. The Kier molecular flexibility index (Phi) is 7.16. The van der Waals surface area contributed by atoms with Crippen LogP contribution in [0, 0.1) is 0 Å². The van der Waals surface area contributed by atoms with Crippen LogP contribution >= 0.6 is 0 Å². The molecule has 1 atom stereocenters. The van der Waals surface area contributed by atoms with Crippen molar-refractivity contribution in [3.63, 3.8) is 0 Å². The van der Waals surface area contributed by atoms with Gasteiger partial charge in [0.1, 0.15) is 19.0 Å². The molecule has 35 heavy (non-hydrogen) atoms. The average molecular weight is 483 g/mol. The molecule has 9 heteroatoms. The fraction of sp³-hybridized carbons (Fsp3) is 0.385. The number of para-hydroxylation sites is 1. The molecule has 1 fully saturated rings. The Morgan fingerprint density at radius 2 is 1.83 bits per heavy atom. The van der Waals surface area contributed by atoms with Gasteiger partial charge >= 0.3 is 0 Å². The summed E-state index contributed by atoms with van der Waals surface area (Å²) in [7, 11) is 6.91. The molecule has 186 valence electrons. The highest BCUT2D eigenvalue weighted by atomic mass is 16.6.